The van der Waals surface area contributed by atoms with Crippen molar-refractivity contribution >= 4 is 17.7 Å². The fourth-order valence-corrected chi connectivity index (χ4v) is 2.83. The molecule has 1 amide bonds. The first-order valence-electron chi connectivity index (χ1n) is 6.77. The number of nitrogens with one attached hydrogen (secondary N) is 1. The van der Waals surface area contributed by atoms with E-state index in [0.717, 1.165) is 25.4 Å². The van der Waals surface area contributed by atoms with E-state index >= 15 is 0 Å². The lowest BCUT2D eigenvalue weighted by Gasteiger charge is -2.30. The van der Waals surface area contributed by atoms with Gasteiger partial charge in [0.2, 0.25) is 5.91 Å². The average molecular weight is 295 g/mol. The van der Waals surface area contributed by atoms with E-state index in [2.05, 4.69) is 22.2 Å². The van der Waals surface area contributed by atoms with E-state index in [9.17, 15) is 4.79 Å². The Morgan fingerprint density at radius 3 is 3.10 bits per heavy atom. The molecule has 0 radical (unpaired) electrons. The van der Waals surface area contributed by atoms with Crippen LogP contribution in [-0.4, -0.2) is 60.9 Å². The van der Waals surface area contributed by atoms with Gasteiger partial charge in [-0.2, -0.15) is 0 Å². The largest absolute Gasteiger partial charge is 0.374 e. The summed E-state index contributed by atoms with van der Waals surface area (Å²) in [6, 6.07) is 3.94. The molecule has 1 aliphatic heterocycles. The fourth-order valence-electron chi connectivity index (χ4n) is 2.01. The second-order valence-corrected chi connectivity index (χ2v) is 5.89. The summed E-state index contributed by atoms with van der Waals surface area (Å²) in [5, 5.41) is 2.94. The van der Waals surface area contributed by atoms with Gasteiger partial charge < -0.3 is 15.0 Å². The molecule has 1 aromatic rings. The lowest BCUT2D eigenvalue weighted by molar-refractivity contribution is -0.119. The SMILES string of the molecule is CN1CCO[C@H](CNC(=O)CSCc2ccncc2)C1. The third-order valence-corrected chi connectivity index (χ3v) is 4.12. The first kappa shape index (κ1) is 15.3. The number of rotatable bonds is 6. The van der Waals surface area contributed by atoms with Gasteiger partial charge in [-0.25, -0.2) is 0 Å². The Bertz CT molecular complexity index is 416. The summed E-state index contributed by atoms with van der Waals surface area (Å²) < 4.78 is 5.60. The standard InChI is InChI=1S/C14H21N3O2S/c1-17-6-7-19-13(9-17)8-16-14(18)11-20-10-12-2-4-15-5-3-12/h2-5,13H,6-11H2,1H3,(H,16,18)/t13-/m1/s1. The summed E-state index contributed by atoms with van der Waals surface area (Å²) in [4.78, 5) is 17.9. The molecule has 1 aromatic heterocycles. The number of carbonyl (C=O) groups is 1. The average Bonchev–Trinajstić information content (AvgIpc) is 2.46. The smallest absolute Gasteiger partial charge is 0.230 e. The van der Waals surface area contributed by atoms with E-state index in [0.29, 0.717) is 12.3 Å². The van der Waals surface area contributed by atoms with Crippen molar-refractivity contribution in [3.63, 3.8) is 0 Å². The van der Waals surface area contributed by atoms with Crippen LogP contribution in [0.15, 0.2) is 24.5 Å². The summed E-state index contributed by atoms with van der Waals surface area (Å²) in [5.41, 5.74) is 1.19. The van der Waals surface area contributed by atoms with Crippen LogP contribution in [0.25, 0.3) is 0 Å². The molecular weight excluding hydrogens is 274 g/mol. The van der Waals surface area contributed by atoms with Crippen molar-refractivity contribution in [2.24, 2.45) is 0 Å². The van der Waals surface area contributed by atoms with Gasteiger partial charge in [0, 0.05) is 37.8 Å². The third-order valence-electron chi connectivity index (χ3n) is 3.12. The predicted molar refractivity (Wildman–Crippen MR) is 80.6 cm³/mol. The van der Waals surface area contributed by atoms with Crippen molar-refractivity contribution in [2.75, 3.05) is 39.0 Å². The van der Waals surface area contributed by atoms with Crippen LogP contribution >= 0.6 is 11.8 Å². The Labute approximate surface area is 124 Å². The zero-order valence-corrected chi connectivity index (χ0v) is 12.6. The summed E-state index contributed by atoms with van der Waals surface area (Å²) in [5.74, 6) is 1.38. The van der Waals surface area contributed by atoms with Crippen molar-refractivity contribution in [3.05, 3.63) is 30.1 Å². The maximum atomic E-state index is 11.7. The van der Waals surface area contributed by atoms with Crippen molar-refractivity contribution in [1.29, 1.82) is 0 Å². The van der Waals surface area contributed by atoms with E-state index in [-0.39, 0.29) is 12.0 Å². The normalized spacial score (nSPS) is 19.8. The number of carbonyl (C=O) groups excluding carboxylic acids is 1. The zero-order chi connectivity index (χ0) is 14.2. The van der Waals surface area contributed by atoms with Crippen molar-refractivity contribution in [1.82, 2.24) is 15.2 Å². The molecule has 0 spiro atoms. The van der Waals surface area contributed by atoms with Gasteiger partial charge in [0.25, 0.3) is 0 Å². The molecule has 110 valence electrons. The number of nitrogens with zero attached hydrogens (tertiary/aromatic N) is 2. The van der Waals surface area contributed by atoms with Gasteiger partial charge in [0.05, 0.1) is 18.5 Å². The molecule has 0 bridgehead atoms. The molecule has 2 rings (SSSR count). The first-order chi connectivity index (χ1) is 9.74. The number of hydrogen-bond acceptors (Lipinski definition) is 5. The summed E-state index contributed by atoms with van der Waals surface area (Å²) in [6.45, 7) is 3.18. The number of thioether (sulfide) groups is 1. The highest BCUT2D eigenvalue weighted by atomic mass is 32.2. The Kier molecular flexibility index (Phi) is 6.29. The Morgan fingerprint density at radius 2 is 2.35 bits per heavy atom. The van der Waals surface area contributed by atoms with Gasteiger partial charge in [-0.3, -0.25) is 9.78 Å². The van der Waals surface area contributed by atoms with Crippen LogP contribution in [0.3, 0.4) is 0 Å². The van der Waals surface area contributed by atoms with Crippen molar-refractivity contribution in [3.8, 4) is 0 Å². The maximum Gasteiger partial charge on any atom is 0.230 e. The molecule has 6 heteroatoms. The van der Waals surface area contributed by atoms with Crippen LogP contribution in [0.1, 0.15) is 5.56 Å². The monoisotopic (exact) mass is 295 g/mol. The summed E-state index contributed by atoms with van der Waals surface area (Å²) in [7, 11) is 2.07. The number of pyridine rings is 1. The minimum Gasteiger partial charge on any atom is -0.374 e. The van der Waals surface area contributed by atoms with E-state index in [4.69, 9.17) is 4.74 Å². The van der Waals surface area contributed by atoms with Gasteiger partial charge in [0.1, 0.15) is 0 Å². The van der Waals surface area contributed by atoms with Gasteiger partial charge in [0.15, 0.2) is 0 Å². The van der Waals surface area contributed by atoms with Crippen LogP contribution in [0, 0.1) is 0 Å². The molecule has 0 saturated carbocycles. The second kappa shape index (κ2) is 8.24. The van der Waals surface area contributed by atoms with Gasteiger partial charge in [-0.05, 0) is 24.7 Å². The maximum absolute atomic E-state index is 11.7. The van der Waals surface area contributed by atoms with Gasteiger partial charge >= 0.3 is 0 Å². The molecule has 1 saturated heterocycles. The number of likely N-dealkylation sites (N-methyl/N-ethyl adjacent to an activating group) is 1. The molecular formula is C14H21N3O2S. The number of amides is 1. The fraction of sp³-hybridized carbons (Fsp3) is 0.571. The summed E-state index contributed by atoms with van der Waals surface area (Å²) in [6.07, 6.45) is 3.66. The lowest BCUT2D eigenvalue weighted by atomic mass is 10.3. The molecule has 1 aliphatic rings. The zero-order valence-electron chi connectivity index (χ0n) is 11.7. The number of morpholine rings is 1. The second-order valence-electron chi connectivity index (χ2n) is 4.91. The molecule has 0 unspecified atom stereocenters. The number of ether oxygens (including phenoxy) is 1. The van der Waals surface area contributed by atoms with Gasteiger partial charge in [-0.1, -0.05) is 0 Å². The van der Waals surface area contributed by atoms with Gasteiger partial charge in [-0.15, -0.1) is 11.8 Å². The molecule has 1 atom stereocenters. The first-order valence-corrected chi connectivity index (χ1v) is 7.93. The minimum absolute atomic E-state index is 0.0703. The quantitative estimate of drug-likeness (QED) is 0.840. The molecule has 1 fully saturated rings. The topological polar surface area (TPSA) is 54.5 Å². The predicted octanol–water partition coefficient (Wildman–Crippen LogP) is 0.762. The van der Waals surface area contributed by atoms with E-state index < -0.39 is 0 Å². The van der Waals surface area contributed by atoms with Crippen LogP contribution in [0.2, 0.25) is 0 Å². The third kappa shape index (κ3) is 5.48. The van der Waals surface area contributed by atoms with Crippen LogP contribution in [-0.2, 0) is 15.3 Å². The number of aromatic nitrogens is 1. The van der Waals surface area contributed by atoms with Crippen molar-refractivity contribution < 1.29 is 9.53 Å². The molecule has 1 N–H and O–H groups in total. The minimum atomic E-state index is 0.0703. The number of hydrogen-bond donors (Lipinski definition) is 1. The molecule has 2 heterocycles. The molecule has 20 heavy (non-hydrogen) atoms. The Balaban J connectivity index is 1.58. The van der Waals surface area contributed by atoms with Crippen LogP contribution in [0.5, 0.6) is 0 Å². The summed E-state index contributed by atoms with van der Waals surface area (Å²) >= 11 is 1.61. The molecule has 5 nitrogen and oxygen atoms in total. The molecule has 0 aromatic carbocycles. The van der Waals surface area contributed by atoms with Crippen LogP contribution in [0.4, 0.5) is 0 Å². The van der Waals surface area contributed by atoms with E-state index in [1.807, 2.05) is 12.1 Å². The highest BCUT2D eigenvalue weighted by Gasteiger charge is 2.17. The van der Waals surface area contributed by atoms with E-state index in [1.165, 1.54) is 5.56 Å². The van der Waals surface area contributed by atoms with Crippen LogP contribution < -0.4 is 5.32 Å². The Hall–Kier alpha value is -1.11. The highest BCUT2D eigenvalue weighted by molar-refractivity contribution is 7.99. The van der Waals surface area contributed by atoms with Crippen molar-refractivity contribution in [2.45, 2.75) is 11.9 Å². The van der Waals surface area contributed by atoms with E-state index in [1.54, 1.807) is 24.2 Å². The lowest BCUT2D eigenvalue weighted by Crippen LogP contribution is -2.46. The highest BCUT2D eigenvalue weighted by Crippen LogP contribution is 2.10. The Morgan fingerprint density at radius 1 is 1.55 bits per heavy atom. The molecule has 0 aliphatic carbocycles.